The van der Waals surface area contributed by atoms with Gasteiger partial charge in [-0.3, -0.25) is 0 Å². The fraction of sp³-hybridized carbons (Fsp3) is 0.591. The summed E-state index contributed by atoms with van der Waals surface area (Å²) in [4.78, 5) is 21.4. The molecule has 1 aromatic carbocycles. The van der Waals surface area contributed by atoms with Crippen LogP contribution in [-0.4, -0.2) is 64.1 Å². The molecule has 0 radical (unpaired) electrons. The number of aliphatic hydroxyl groups excluding tert-OH is 1. The van der Waals surface area contributed by atoms with Crippen LogP contribution in [0.4, 0.5) is 0 Å². The molecule has 0 aromatic heterocycles. The van der Waals surface area contributed by atoms with Crippen molar-refractivity contribution >= 4 is 12.3 Å². The molecule has 1 aromatic rings. The quantitative estimate of drug-likeness (QED) is 0.0391. The van der Waals surface area contributed by atoms with Crippen LogP contribution >= 0.6 is 0 Å². The first-order valence-corrected chi connectivity index (χ1v) is 19.5. The van der Waals surface area contributed by atoms with Crippen molar-refractivity contribution < 1.29 is 38.4 Å². The predicted octanol–water partition coefficient (Wildman–Crippen LogP) is 10.6. The van der Waals surface area contributed by atoms with Crippen LogP contribution in [0.2, 0.25) is 0 Å². The van der Waals surface area contributed by atoms with Gasteiger partial charge in [-0.15, -0.1) is 0 Å². The summed E-state index contributed by atoms with van der Waals surface area (Å²) in [6.45, 7) is 14.3. The van der Waals surface area contributed by atoms with E-state index in [1.165, 1.54) is 44.1 Å². The normalized spacial score (nSPS) is 14.4. The Labute approximate surface area is 316 Å². The van der Waals surface area contributed by atoms with Gasteiger partial charge in [0.15, 0.2) is 0 Å². The zero-order valence-electron chi connectivity index (χ0n) is 33.3. The number of allylic oxidation sites excluding steroid dienone is 4. The highest BCUT2D eigenvalue weighted by molar-refractivity contribution is 5.93. The minimum Gasteiger partial charge on any atom is -0.499 e. The van der Waals surface area contributed by atoms with Gasteiger partial charge in [0.25, 0.3) is 0 Å². The Bertz CT molecular complexity index is 1180. The van der Waals surface area contributed by atoms with E-state index < -0.39 is 0 Å². The number of carbonyl (C=O) groups excluding carboxylic acids is 2. The molecule has 0 spiro atoms. The summed E-state index contributed by atoms with van der Waals surface area (Å²) < 4.78 is 26.8. The molecule has 294 valence electrons. The van der Waals surface area contributed by atoms with Crippen molar-refractivity contribution in [1.29, 1.82) is 0 Å². The van der Waals surface area contributed by atoms with Crippen LogP contribution in [0.3, 0.4) is 0 Å². The Morgan fingerprint density at radius 2 is 1.42 bits per heavy atom. The first-order valence-electron chi connectivity index (χ1n) is 19.5. The maximum Gasteiger partial charge on any atom is 0.343 e. The number of aldehydes is 1. The second kappa shape index (κ2) is 34.6. The van der Waals surface area contributed by atoms with Gasteiger partial charge in [-0.1, -0.05) is 96.3 Å². The highest BCUT2D eigenvalue weighted by Gasteiger charge is 2.16. The predicted molar refractivity (Wildman–Crippen MR) is 214 cm³/mol. The van der Waals surface area contributed by atoms with Crippen LogP contribution in [0.1, 0.15) is 124 Å². The molecule has 8 heteroatoms. The largest absolute Gasteiger partial charge is 0.499 e. The monoisotopic (exact) mass is 727 g/mol. The Kier molecular flexibility index (Phi) is 32.3. The van der Waals surface area contributed by atoms with Gasteiger partial charge < -0.3 is 33.6 Å². The van der Waals surface area contributed by atoms with E-state index in [1.54, 1.807) is 50.1 Å². The number of carbonyl (C=O) groups is 2. The van der Waals surface area contributed by atoms with Crippen LogP contribution in [0.25, 0.3) is 0 Å². The Balaban J connectivity index is 0.000000890. The van der Waals surface area contributed by atoms with Gasteiger partial charge in [-0.2, -0.15) is 0 Å². The van der Waals surface area contributed by atoms with Gasteiger partial charge in [-0.25, -0.2) is 4.79 Å². The summed E-state index contributed by atoms with van der Waals surface area (Å²) in [5.41, 5.74) is 3.27. The van der Waals surface area contributed by atoms with Crippen molar-refractivity contribution in [1.82, 2.24) is 0 Å². The van der Waals surface area contributed by atoms with Crippen molar-refractivity contribution in [3.05, 3.63) is 83.7 Å². The Morgan fingerprint density at radius 3 is 1.96 bits per heavy atom. The van der Waals surface area contributed by atoms with E-state index in [-0.39, 0.29) is 18.7 Å². The number of methoxy groups -OCH3 is 2. The Hall–Kier alpha value is -3.46. The number of ether oxygens (including phenoxy) is 5. The minimum atomic E-state index is -0.358. The van der Waals surface area contributed by atoms with Gasteiger partial charge in [0, 0.05) is 33.2 Å². The fourth-order valence-corrected chi connectivity index (χ4v) is 4.99. The molecule has 1 N–H and O–H groups in total. The van der Waals surface area contributed by atoms with Gasteiger partial charge in [0.2, 0.25) is 0 Å². The lowest BCUT2D eigenvalue weighted by molar-refractivity contribution is -0.129. The van der Waals surface area contributed by atoms with Gasteiger partial charge >= 0.3 is 5.97 Å². The van der Waals surface area contributed by atoms with Gasteiger partial charge in [0.05, 0.1) is 37.8 Å². The number of unbranched alkanes of at least 4 members (excludes halogenated alkanes) is 7. The SMILES string of the molecule is C=C(CC)OCCCCCCCC1=CC=C(CO)CC1.CC.CCC=O.COCCCCCCOC1C=CC(C(=O)Oc2ccc(OC)cc2)=CC1. The fourth-order valence-electron chi connectivity index (χ4n) is 4.99. The highest BCUT2D eigenvalue weighted by Crippen LogP contribution is 2.23. The van der Waals surface area contributed by atoms with Crippen molar-refractivity contribution in [3.8, 4) is 11.5 Å². The molecular weight excluding hydrogens is 656 g/mol. The lowest BCUT2D eigenvalue weighted by atomic mass is 9.95. The number of aliphatic hydroxyl groups is 1. The lowest BCUT2D eigenvalue weighted by Crippen LogP contribution is -2.17. The molecule has 0 aliphatic heterocycles. The first-order chi connectivity index (χ1) is 25.4. The van der Waals surface area contributed by atoms with E-state index in [4.69, 9.17) is 28.8 Å². The standard InChI is InChI=1S/C21H28O5.C18H30O2.C3H6O.C2H6/c1-23-15-5-3-4-6-16-25-19-9-7-17(8-10-19)21(22)26-20-13-11-18(24-2)12-14-20;1-3-16(2)20-14-8-6-4-5-7-9-17-10-12-18(15-19)13-11-17;1-2-3-4;1-2/h7-9,11-14,19H,3-6,10,15-16H2,1-2H3;10,12,19H,2-9,11,13-15H2,1H3;3H,2H2,1H3;1-2H3. The molecule has 1 unspecified atom stereocenters. The maximum atomic E-state index is 12.2. The van der Waals surface area contributed by atoms with Crippen molar-refractivity contribution in [3.63, 3.8) is 0 Å². The number of benzene rings is 1. The van der Waals surface area contributed by atoms with E-state index in [0.29, 0.717) is 24.2 Å². The van der Waals surface area contributed by atoms with E-state index in [2.05, 4.69) is 25.7 Å². The van der Waals surface area contributed by atoms with Crippen molar-refractivity contribution in [2.45, 2.75) is 130 Å². The van der Waals surface area contributed by atoms with Crippen molar-refractivity contribution in [2.75, 3.05) is 40.6 Å². The smallest absolute Gasteiger partial charge is 0.343 e. The van der Waals surface area contributed by atoms with Crippen molar-refractivity contribution in [2.24, 2.45) is 0 Å². The molecule has 0 saturated carbocycles. The van der Waals surface area contributed by atoms with E-state index in [9.17, 15) is 9.59 Å². The van der Waals surface area contributed by atoms with Gasteiger partial charge in [-0.05, 0) is 87.3 Å². The topological polar surface area (TPSA) is 101 Å². The minimum absolute atomic E-state index is 0.0338. The summed E-state index contributed by atoms with van der Waals surface area (Å²) in [6.07, 6.45) is 27.2. The number of hydrogen-bond acceptors (Lipinski definition) is 8. The molecular formula is C44H70O8. The van der Waals surface area contributed by atoms with Crippen LogP contribution in [-0.2, 0) is 23.8 Å². The van der Waals surface area contributed by atoms with Gasteiger partial charge in [0.1, 0.15) is 17.8 Å². The number of hydrogen-bond donors (Lipinski definition) is 1. The zero-order chi connectivity index (χ0) is 38.7. The molecule has 0 bridgehead atoms. The maximum absolute atomic E-state index is 12.2. The molecule has 0 saturated heterocycles. The molecule has 52 heavy (non-hydrogen) atoms. The zero-order valence-corrected chi connectivity index (χ0v) is 33.3. The molecule has 0 heterocycles. The van der Waals surface area contributed by atoms with Crippen LogP contribution < -0.4 is 9.47 Å². The average molecular weight is 727 g/mol. The molecule has 1 atom stereocenters. The average Bonchev–Trinajstić information content (AvgIpc) is 3.20. The summed E-state index contributed by atoms with van der Waals surface area (Å²) in [5.74, 6) is 1.77. The number of esters is 1. The van der Waals surface area contributed by atoms with Crippen LogP contribution in [0, 0.1) is 0 Å². The summed E-state index contributed by atoms with van der Waals surface area (Å²) >= 11 is 0. The van der Waals surface area contributed by atoms with Crippen LogP contribution in [0.15, 0.2) is 83.7 Å². The molecule has 3 rings (SSSR count). The molecule has 2 aliphatic carbocycles. The molecule has 0 amide bonds. The first kappa shape index (κ1) is 48.5. The summed E-state index contributed by atoms with van der Waals surface area (Å²) in [6, 6.07) is 6.93. The third-order valence-electron chi connectivity index (χ3n) is 8.18. The summed E-state index contributed by atoms with van der Waals surface area (Å²) in [7, 11) is 3.33. The van der Waals surface area contributed by atoms with E-state index in [0.717, 1.165) is 82.6 Å². The van der Waals surface area contributed by atoms with Crippen LogP contribution in [0.5, 0.6) is 11.5 Å². The third-order valence-corrected chi connectivity index (χ3v) is 8.18. The Morgan fingerprint density at radius 1 is 0.846 bits per heavy atom. The molecule has 0 fully saturated rings. The second-order valence-electron chi connectivity index (χ2n) is 12.3. The van der Waals surface area contributed by atoms with E-state index >= 15 is 0 Å². The molecule has 8 nitrogen and oxygen atoms in total. The lowest BCUT2D eigenvalue weighted by Gasteiger charge is -2.16. The third kappa shape index (κ3) is 25.5. The van der Waals surface area contributed by atoms with E-state index in [1.807, 2.05) is 32.9 Å². The molecule has 2 aliphatic rings. The highest BCUT2D eigenvalue weighted by atomic mass is 16.5. The second-order valence-corrected chi connectivity index (χ2v) is 12.3. The number of rotatable bonds is 23. The summed E-state index contributed by atoms with van der Waals surface area (Å²) in [5, 5.41) is 9.03.